The Balaban J connectivity index is 4.87. The lowest BCUT2D eigenvalue weighted by atomic mass is 10.2. The van der Waals surface area contributed by atoms with Crippen molar-refractivity contribution in [3.8, 4) is 0 Å². The van der Waals surface area contributed by atoms with Crippen molar-refractivity contribution in [1.82, 2.24) is 5.32 Å². The third-order valence-corrected chi connectivity index (χ3v) is 3.79. The lowest BCUT2D eigenvalue weighted by Gasteiger charge is -2.22. The highest BCUT2D eigenvalue weighted by Gasteiger charge is 2.32. The fourth-order valence-electron chi connectivity index (χ4n) is 1.45. The maximum Gasteiger partial charge on any atom is 0.329 e. The molecule has 130 valence electrons. The minimum Gasteiger partial charge on any atom is -0.469 e. The Hall–Kier alpha value is -1.90. The number of amides is 1. The van der Waals surface area contributed by atoms with Crippen LogP contribution in [0.2, 0.25) is 0 Å². The van der Waals surface area contributed by atoms with Crippen LogP contribution in [0.25, 0.3) is 0 Å². The largest absolute Gasteiger partial charge is 0.469 e. The lowest BCUT2D eigenvalue weighted by Crippen LogP contribution is -2.47. The highest BCUT2D eigenvalue weighted by atomic mass is 32.2. The Morgan fingerprint density at radius 1 is 1.13 bits per heavy atom. The molecule has 9 heteroatoms. The van der Waals surface area contributed by atoms with Crippen molar-refractivity contribution in [2.45, 2.75) is 44.9 Å². The SMILES string of the molecule is CCOC(=O)C(NC(=O)CC)C(C)SC(=O)C(=O)CC(=O)OC. The Kier molecular flexibility index (Phi) is 9.87. The molecule has 0 aliphatic rings. The smallest absolute Gasteiger partial charge is 0.329 e. The van der Waals surface area contributed by atoms with Gasteiger partial charge in [-0.2, -0.15) is 0 Å². The molecule has 23 heavy (non-hydrogen) atoms. The topological polar surface area (TPSA) is 116 Å². The van der Waals surface area contributed by atoms with E-state index in [0.29, 0.717) is 11.8 Å². The van der Waals surface area contributed by atoms with E-state index in [2.05, 4.69) is 10.1 Å². The van der Waals surface area contributed by atoms with E-state index in [4.69, 9.17) is 4.74 Å². The van der Waals surface area contributed by atoms with Gasteiger partial charge in [-0.1, -0.05) is 25.6 Å². The van der Waals surface area contributed by atoms with E-state index >= 15 is 0 Å². The van der Waals surface area contributed by atoms with Gasteiger partial charge in [-0.15, -0.1) is 0 Å². The maximum absolute atomic E-state index is 11.9. The number of carbonyl (C=O) groups is 5. The fraction of sp³-hybridized carbons (Fsp3) is 0.643. The number of ketones is 1. The van der Waals surface area contributed by atoms with E-state index in [9.17, 15) is 24.0 Å². The fourth-order valence-corrected chi connectivity index (χ4v) is 2.31. The minimum absolute atomic E-state index is 0.115. The first-order chi connectivity index (χ1) is 10.8. The van der Waals surface area contributed by atoms with Gasteiger partial charge < -0.3 is 14.8 Å². The number of ether oxygens (including phenoxy) is 2. The molecule has 2 unspecified atom stereocenters. The second-order valence-electron chi connectivity index (χ2n) is 4.44. The molecule has 1 amide bonds. The molecule has 0 aromatic carbocycles. The number of carbonyl (C=O) groups excluding carboxylic acids is 5. The van der Waals surface area contributed by atoms with Gasteiger partial charge in [0.2, 0.25) is 11.7 Å². The Labute approximate surface area is 138 Å². The van der Waals surface area contributed by atoms with Crippen LogP contribution in [0.15, 0.2) is 0 Å². The monoisotopic (exact) mass is 347 g/mol. The molecule has 0 fully saturated rings. The molecule has 0 radical (unpaired) electrons. The van der Waals surface area contributed by atoms with E-state index in [1.807, 2.05) is 0 Å². The number of rotatable bonds is 9. The van der Waals surface area contributed by atoms with Crippen LogP contribution < -0.4 is 5.32 Å². The molecular weight excluding hydrogens is 326 g/mol. The van der Waals surface area contributed by atoms with Gasteiger partial charge in [-0.05, 0) is 6.92 Å². The van der Waals surface area contributed by atoms with Gasteiger partial charge in [0.25, 0.3) is 5.12 Å². The number of hydrogen-bond acceptors (Lipinski definition) is 8. The highest BCUT2D eigenvalue weighted by Crippen LogP contribution is 2.18. The first-order valence-corrected chi connectivity index (χ1v) is 7.91. The average molecular weight is 347 g/mol. The van der Waals surface area contributed by atoms with Crippen molar-refractivity contribution in [1.29, 1.82) is 0 Å². The summed E-state index contributed by atoms with van der Waals surface area (Å²) in [4.78, 5) is 57.7. The van der Waals surface area contributed by atoms with Gasteiger partial charge >= 0.3 is 11.9 Å². The number of nitrogens with one attached hydrogen (secondary N) is 1. The molecule has 0 rings (SSSR count). The second kappa shape index (κ2) is 10.8. The third-order valence-electron chi connectivity index (χ3n) is 2.70. The van der Waals surface area contributed by atoms with Crippen molar-refractivity contribution in [2.75, 3.05) is 13.7 Å². The van der Waals surface area contributed by atoms with E-state index in [-0.39, 0.29) is 18.9 Å². The number of methoxy groups -OCH3 is 1. The molecule has 0 aromatic heterocycles. The van der Waals surface area contributed by atoms with Gasteiger partial charge in [0.1, 0.15) is 12.5 Å². The predicted molar refractivity (Wildman–Crippen MR) is 82.6 cm³/mol. The molecule has 0 aliphatic heterocycles. The van der Waals surface area contributed by atoms with Crippen molar-refractivity contribution >= 4 is 40.5 Å². The number of thioether (sulfide) groups is 1. The van der Waals surface area contributed by atoms with Crippen LogP contribution in [0.4, 0.5) is 0 Å². The van der Waals surface area contributed by atoms with Crippen LogP contribution in [0.1, 0.15) is 33.6 Å². The van der Waals surface area contributed by atoms with Crippen molar-refractivity contribution in [3.05, 3.63) is 0 Å². The highest BCUT2D eigenvalue weighted by molar-refractivity contribution is 8.16. The summed E-state index contributed by atoms with van der Waals surface area (Å²) < 4.78 is 9.17. The summed E-state index contributed by atoms with van der Waals surface area (Å²) in [5.74, 6) is -2.83. The second-order valence-corrected chi connectivity index (χ2v) is 5.79. The molecule has 0 saturated heterocycles. The normalized spacial score (nSPS) is 12.7. The standard InChI is InChI=1S/C14H21NO7S/c1-5-10(17)15-12(13(19)22-6-2)8(3)23-14(20)9(16)7-11(18)21-4/h8,12H,5-7H2,1-4H3,(H,15,17). The maximum atomic E-state index is 11.9. The molecule has 2 atom stereocenters. The van der Waals surface area contributed by atoms with Gasteiger partial charge in [-0.25, -0.2) is 4.79 Å². The summed E-state index contributed by atoms with van der Waals surface area (Å²) in [5, 5.41) is 0.834. The van der Waals surface area contributed by atoms with Crippen LogP contribution in [0.3, 0.4) is 0 Å². The lowest BCUT2D eigenvalue weighted by molar-refractivity contribution is -0.147. The Morgan fingerprint density at radius 3 is 2.22 bits per heavy atom. The summed E-state index contributed by atoms with van der Waals surface area (Å²) in [6.45, 7) is 4.84. The number of esters is 2. The average Bonchev–Trinajstić information content (AvgIpc) is 2.51. The van der Waals surface area contributed by atoms with E-state index in [1.54, 1.807) is 13.8 Å². The summed E-state index contributed by atoms with van der Waals surface area (Å²) >= 11 is 0.563. The predicted octanol–water partition coefficient (Wildman–Crippen LogP) is 0.225. The number of Topliss-reactive ketones (excluding diaryl/α,β-unsaturated/α-hetero) is 1. The summed E-state index contributed by atoms with van der Waals surface area (Å²) in [6.07, 6.45) is -0.511. The summed E-state index contributed by atoms with van der Waals surface area (Å²) in [7, 11) is 1.10. The van der Waals surface area contributed by atoms with E-state index < -0.39 is 40.5 Å². The van der Waals surface area contributed by atoms with Gasteiger partial charge in [-0.3, -0.25) is 19.2 Å². The van der Waals surface area contributed by atoms with Gasteiger partial charge in [0, 0.05) is 11.7 Å². The van der Waals surface area contributed by atoms with Crippen LogP contribution >= 0.6 is 11.8 Å². The zero-order valence-electron chi connectivity index (χ0n) is 13.5. The van der Waals surface area contributed by atoms with Crippen molar-refractivity contribution < 1.29 is 33.4 Å². The molecule has 0 spiro atoms. The molecule has 0 aromatic rings. The van der Waals surface area contributed by atoms with E-state index in [0.717, 1.165) is 7.11 Å². The molecule has 0 heterocycles. The first-order valence-electron chi connectivity index (χ1n) is 7.03. The minimum atomic E-state index is -1.07. The van der Waals surface area contributed by atoms with E-state index in [1.165, 1.54) is 6.92 Å². The zero-order valence-corrected chi connectivity index (χ0v) is 14.4. The Bertz CT molecular complexity index is 478. The van der Waals surface area contributed by atoms with Crippen molar-refractivity contribution in [2.24, 2.45) is 0 Å². The van der Waals surface area contributed by atoms with Gasteiger partial charge in [0.05, 0.1) is 13.7 Å². The first kappa shape index (κ1) is 21.1. The van der Waals surface area contributed by atoms with Crippen LogP contribution in [-0.2, 0) is 33.4 Å². The third kappa shape index (κ3) is 7.78. The molecular formula is C14H21NO7S. The number of hydrogen-bond donors (Lipinski definition) is 1. The summed E-state index contributed by atoms with van der Waals surface area (Å²) in [6, 6.07) is -1.07. The molecule has 0 saturated carbocycles. The van der Waals surface area contributed by atoms with Gasteiger partial charge in [0.15, 0.2) is 0 Å². The molecule has 0 bridgehead atoms. The zero-order chi connectivity index (χ0) is 18.0. The van der Waals surface area contributed by atoms with Crippen molar-refractivity contribution in [3.63, 3.8) is 0 Å². The quantitative estimate of drug-likeness (QED) is 0.358. The Morgan fingerprint density at radius 2 is 1.74 bits per heavy atom. The van der Waals surface area contributed by atoms with Crippen LogP contribution in [-0.4, -0.2) is 53.8 Å². The molecule has 8 nitrogen and oxygen atoms in total. The molecule has 0 aliphatic carbocycles. The molecule has 1 N–H and O–H groups in total. The van der Waals surface area contributed by atoms with Crippen LogP contribution in [0.5, 0.6) is 0 Å². The summed E-state index contributed by atoms with van der Waals surface area (Å²) in [5.41, 5.74) is 0. The van der Waals surface area contributed by atoms with Crippen LogP contribution in [0, 0.1) is 0 Å².